The van der Waals surface area contributed by atoms with Crippen LogP contribution < -0.4 is 15.0 Å². The maximum absolute atomic E-state index is 13.1. The first-order valence-corrected chi connectivity index (χ1v) is 12.0. The van der Waals surface area contributed by atoms with Crippen molar-refractivity contribution in [1.29, 1.82) is 0 Å². The number of anilines is 1. The third kappa shape index (κ3) is 4.43. The largest absolute Gasteiger partial charge is 0.496 e. The number of ether oxygens (including phenoxy) is 1. The van der Waals surface area contributed by atoms with Crippen molar-refractivity contribution in [3.63, 3.8) is 0 Å². The van der Waals surface area contributed by atoms with Crippen molar-refractivity contribution in [3.8, 4) is 11.4 Å². The Kier molecular flexibility index (Phi) is 6.35. The number of methoxy groups -OCH3 is 1. The topological polar surface area (TPSA) is 85.2 Å². The first-order chi connectivity index (χ1) is 17.1. The van der Waals surface area contributed by atoms with Gasteiger partial charge in [0.2, 0.25) is 5.91 Å². The summed E-state index contributed by atoms with van der Waals surface area (Å²) in [5, 5.41) is 18.0. The summed E-state index contributed by atoms with van der Waals surface area (Å²) in [6.07, 6.45) is 1.75. The zero-order chi connectivity index (χ0) is 24.4. The molecule has 8 nitrogen and oxygen atoms in total. The number of amides is 1. The van der Waals surface area contributed by atoms with Gasteiger partial charge in [0.05, 0.1) is 35.5 Å². The highest BCUT2D eigenvalue weighted by Gasteiger charge is 2.29. The van der Waals surface area contributed by atoms with Crippen molar-refractivity contribution in [3.05, 3.63) is 71.5 Å². The van der Waals surface area contributed by atoms with Gasteiger partial charge in [0, 0.05) is 25.2 Å². The van der Waals surface area contributed by atoms with Crippen molar-refractivity contribution in [2.75, 3.05) is 25.1 Å². The van der Waals surface area contributed by atoms with Gasteiger partial charge in [0.25, 0.3) is 0 Å². The van der Waals surface area contributed by atoms with Gasteiger partial charge in [0.15, 0.2) is 5.82 Å². The molecule has 1 N–H and O–H groups in total. The van der Waals surface area contributed by atoms with Gasteiger partial charge < -0.3 is 15.0 Å². The molecule has 1 saturated heterocycles. The summed E-state index contributed by atoms with van der Waals surface area (Å²) in [6.45, 7) is 5.87. The third-order valence-electron chi connectivity index (χ3n) is 6.72. The lowest BCUT2D eigenvalue weighted by Gasteiger charge is -2.32. The van der Waals surface area contributed by atoms with E-state index in [-0.39, 0.29) is 11.8 Å². The minimum absolute atomic E-state index is 0.0444. The number of fused-ring (bicyclic) bond motifs is 1. The van der Waals surface area contributed by atoms with E-state index in [1.165, 1.54) is 0 Å². The first kappa shape index (κ1) is 22.8. The fourth-order valence-corrected chi connectivity index (χ4v) is 4.90. The van der Waals surface area contributed by atoms with E-state index in [1.807, 2.05) is 66.2 Å². The first-order valence-electron chi connectivity index (χ1n) is 12.0. The van der Waals surface area contributed by atoms with E-state index in [9.17, 15) is 4.79 Å². The lowest BCUT2D eigenvalue weighted by atomic mass is 9.97. The molecule has 2 aromatic carbocycles. The minimum atomic E-state index is -0.131. The molecule has 4 aromatic rings. The number of hydrogen-bond acceptors (Lipinski definition) is 6. The number of aromatic nitrogens is 4. The molecule has 0 aliphatic carbocycles. The summed E-state index contributed by atoms with van der Waals surface area (Å²) in [5.41, 5.74) is 4.67. The number of benzene rings is 2. The van der Waals surface area contributed by atoms with Crippen LogP contribution >= 0.6 is 0 Å². The fraction of sp³-hybridized carbons (Fsp3) is 0.333. The van der Waals surface area contributed by atoms with Crippen LogP contribution in [0.2, 0.25) is 0 Å². The number of rotatable bonds is 6. The molecule has 1 atom stereocenters. The van der Waals surface area contributed by atoms with E-state index >= 15 is 0 Å². The molecule has 1 aliphatic rings. The van der Waals surface area contributed by atoms with E-state index in [0.29, 0.717) is 13.1 Å². The fourth-order valence-electron chi connectivity index (χ4n) is 4.90. The summed E-state index contributed by atoms with van der Waals surface area (Å²) in [7, 11) is 1.64. The molecule has 2 aromatic heterocycles. The normalized spacial score (nSPS) is 15.9. The molecule has 5 rings (SSSR count). The Morgan fingerprint density at radius 2 is 1.86 bits per heavy atom. The predicted molar refractivity (Wildman–Crippen MR) is 136 cm³/mol. The Hall–Kier alpha value is -3.94. The number of aryl methyl sites for hydroxylation is 2. The standard InChI is InChI=1S/C27H30N6O2/c1-18-24-19(2)33(22-12-5-4-6-13-22)31-25(24)26(30-29-18)32-15-9-11-21(17-32)27(34)28-16-20-10-7-8-14-23(20)35-3/h4-8,10,12-14,21H,9,11,15-17H2,1-3H3,(H,28,34)/t21-/m1/s1. The van der Waals surface area contributed by atoms with Gasteiger partial charge in [-0.2, -0.15) is 10.2 Å². The minimum Gasteiger partial charge on any atom is -0.496 e. The van der Waals surface area contributed by atoms with E-state index in [0.717, 1.165) is 64.5 Å². The van der Waals surface area contributed by atoms with Crippen LogP contribution in [0.4, 0.5) is 5.82 Å². The van der Waals surface area contributed by atoms with Gasteiger partial charge in [0.1, 0.15) is 11.3 Å². The second-order valence-corrected chi connectivity index (χ2v) is 8.98. The summed E-state index contributed by atoms with van der Waals surface area (Å²) in [5.74, 6) is 1.43. The van der Waals surface area contributed by atoms with Gasteiger partial charge in [-0.3, -0.25) is 4.79 Å². The highest BCUT2D eigenvalue weighted by Crippen LogP contribution is 2.31. The highest BCUT2D eigenvalue weighted by atomic mass is 16.5. The van der Waals surface area contributed by atoms with Crippen LogP contribution in [0, 0.1) is 19.8 Å². The molecule has 0 radical (unpaired) electrons. The Labute approximate surface area is 204 Å². The van der Waals surface area contributed by atoms with Crippen molar-refractivity contribution < 1.29 is 9.53 Å². The molecular weight excluding hydrogens is 440 g/mol. The van der Waals surface area contributed by atoms with Gasteiger partial charge in [-0.25, -0.2) is 4.68 Å². The molecule has 3 heterocycles. The van der Waals surface area contributed by atoms with Gasteiger partial charge in [-0.15, -0.1) is 5.10 Å². The van der Waals surface area contributed by atoms with E-state index in [1.54, 1.807) is 7.11 Å². The summed E-state index contributed by atoms with van der Waals surface area (Å²) >= 11 is 0. The van der Waals surface area contributed by atoms with E-state index in [4.69, 9.17) is 9.84 Å². The maximum atomic E-state index is 13.1. The lowest BCUT2D eigenvalue weighted by molar-refractivity contribution is -0.125. The SMILES string of the molecule is COc1ccccc1CNC(=O)[C@@H]1CCCN(c2nnc(C)c3c(C)n(-c4ccccc4)nc23)C1. The molecule has 0 unspecified atom stereocenters. The van der Waals surface area contributed by atoms with Crippen molar-refractivity contribution in [2.45, 2.75) is 33.2 Å². The van der Waals surface area contributed by atoms with E-state index in [2.05, 4.69) is 27.3 Å². The monoisotopic (exact) mass is 470 g/mol. The maximum Gasteiger partial charge on any atom is 0.225 e. The molecule has 8 heteroatoms. The van der Waals surface area contributed by atoms with Gasteiger partial charge in [-0.05, 0) is 44.9 Å². The summed E-state index contributed by atoms with van der Waals surface area (Å²) in [6, 6.07) is 17.8. The van der Waals surface area contributed by atoms with Gasteiger partial charge in [-0.1, -0.05) is 36.4 Å². The van der Waals surface area contributed by atoms with Crippen molar-refractivity contribution in [1.82, 2.24) is 25.3 Å². The van der Waals surface area contributed by atoms with E-state index < -0.39 is 0 Å². The number of carbonyl (C=O) groups excluding carboxylic acids is 1. The zero-order valence-corrected chi connectivity index (χ0v) is 20.4. The van der Waals surface area contributed by atoms with Crippen LogP contribution in [-0.4, -0.2) is 46.1 Å². The van der Waals surface area contributed by atoms with Gasteiger partial charge >= 0.3 is 0 Å². The smallest absolute Gasteiger partial charge is 0.225 e. The Morgan fingerprint density at radius 1 is 1.09 bits per heavy atom. The molecule has 180 valence electrons. The zero-order valence-electron chi connectivity index (χ0n) is 20.4. The number of para-hydroxylation sites is 2. The quantitative estimate of drug-likeness (QED) is 0.459. The van der Waals surface area contributed by atoms with Crippen LogP contribution in [0.15, 0.2) is 54.6 Å². The van der Waals surface area contributed by atoms with Crippen molar-refractivity contribution >= 4 is 22.6 Å². The number of piperidine rings is 1. The van der Waals surface area contributed by atoms with Crippen LogP contribution in [-0.2, 0) is 11.3 Å². The molecule has 0 bridgehead atoms. The molecule has 1 amide bonds. The number of nitrogens with zero attached hydrogens (tertiary/aromatic N) is 5. The molecule has 0 spiro atoms. The average Bonchev–Trinajstić information content (AvgIpc) is 3.26. The molecule has 1 aliphatic heterocycles. The number of hydrogen-bond donors (Lipinski definition) is 1. The summed E-state index contributed by atoms with van der Waals surface area (Å²) in [4.78, 5) is 15.2. The summed E-state index contributed by atoms with van der Waals surface area (Å²) < 4.78 is 7.36. The highest BCUT2D eigenvalue weighted by molar-refractivity contribution is 5.92. The average molecular weight is 471 g/mol. The van der Waals surface area contributed by atoms with Crippen LogP contribution in [0.25, 0.3) is 16.6 Å². The van der Waals surface area contributed by atoms with Crippen LogP contribution in [0.3, 0.4) is 0 Å². The number of carbonyl (C=O) groups is 1. The Bertz CT molecular complexity index is 1350. The second-order valence-electron chi connectivity index (χ2n) is 8.98. The lowest BCUT2D eigenvalue weighted by Crippen LogP contribution is -2.43. The number of nitrogens with one attached hydrogen (secondary N) is 1. The van der Waals surface area contributed by atoms with Crippen LogP contribution in [0.5, 0.6) is 5.75 Å². The molecular formula is C27H30N6O2. The predicted octanol–water partition coefficient (Wildman–Crippen LogP) is 3.97. The third-order valence-corrected chi connectivity index (χ3v) is 6.72. The Morgan fingerprint density at radius 3 is 2.66 bits per heavy atom. The molecule has 0 saturated carbocycles. The Balaban J connectivity index is 1.38. The molecule has 35 heavy (non-hydrogen) atoms. The molecule has 1 fully saturated rings. The van der Waals surface area contributed by atoms with Crippen LogP contribution in [0.1, 0.15) is 29.8 Å². The van der Waals surface area contributed by atoms with Crippen molar-refractivity contribution in [2.24, 2.45) is 5.92 Å². The second kappa shape index (κ2) is 9.74.